The van der Waals surface area contributed by atoms with Gasteiger partial charge in [0.2, 0.25) is 0 Å². The second-order valence-electron chi connectivity index (χ2n) is 3.89. The topological polar surface area (TPSA) is 35.2 Å². The third kappa shape index (κ3) is 2.01. The fourth-order valence-corrected chi connectivity index (χ4v) is 1.53. The molecule has 0 saturated heterocycles. The molecule has 2 heteroatoms. The van der Waals surface area contributed by atoms with Crippen LogP contribution in [0.1, 0.15) is 18.4 Å². The van der Waals surface area contributed by atoms with Crippen molar-refractivity contribution in [3.8, 4) is 5.75 Å². The SMILES string of the molecule is COc1cccc(CC2(N)CC2)c1. The summed E-state index contributed by atoms with van der Waals surface area (Å²) in [4.78, 5) is 0. The monoisotopic (exact) mass is 177 g/mol. The molecule has 1 aliphatic rings. The van der Waals surface area contributed by atoms with E-state index in [9.17, 15) is 0 Å². The van der Waals surface area contributed by atoms with Gasteiger partial charge in [-0.2, -0.15) is 0 Å². The number of ether oxygens (including phenoxy) is 1. The predicted molar refractivity (Wildman–Crippen MR) is 52.9 cm³/mol. The summed E-state index contributed by atoms with van der Waals surface area (Å²) in [6.07, 6.45) is 3.29. The van der Waals surface area contributed by atoms with Crippen LogP contribution in [0, 0.1) is 0 Å². The molecule has 1 aromatic rings. The second kappa shape index (κ2) is 3.04. The lowest BCUT2D eigenvalue weighted by atomic mass is 10.1. The van der Waals surface area contributed by atoms with Crippen LogP contribution < -0.4 is 10.5 Å². The Morgan fingerprint density at radius 2 is 2.23 bits per heavy atom. The van der Waals surface area contributed by atoms with Gasteiger partial charge < -0.3 is 10.5 Å². The number of methoxy groups -OCH3 is 1. The molecule has 0 spiro atoms. The van der Waals surface area contributed by atoms with Gasteiger partial charge in [0, 0.05) is 5.54 Å². The van der Waals surface area contributed by atoms with E-state index in [-0.39, 0.29) is 5.54 Å². The van der Waals surface area contributed by atoms with E-state index in [1.807, 2.05) is 12.1 Å². The summed E-state index contributed by atoms with van der Waals surface area (Å²) in [5.74, 6) is 0.918. The Hall–Kier alpha value is -1.02. The van der Waals surface area contributed by atoms with E-state index in [1.54, 1.807) is 7.11 Å². The van der Waals surface area contributed by atoms with Gasteiger partial charge in [-0.3, -0.25) is 0 Å². The summed E-state index contributed by atoms with van der Waals surface area (Å²) in [5.41, 5.74) is 7.40. The van der Waals surface area contributed by atoms with Crippen LogP contribution in [0.2, 0.25) is 0 Å². The van der Waals surface area contributed by atoms with Gasteiger partial charge in [-0.1, -0.05) is 12.1 Å². The van der Waals surface area contributed by atoms with Gasteiger partial charge in [0.25, 0.3) is 0 Å². The Kier molecular flexibility index (Phi) is 2.00. The highest BCUT2D eigenvalue weighted by atomic mass is 16.5. The van der Waals surface area contributed by atoms with Crippen molar-refractivity contribution < 1.29 is 4.74 Å². The smallest absolute Gasteiger partial charge is 0.119 e. The third-order valence-electron chi connectivity index (χ3n) is 2.58. The van der Waals surface area contributed by atoms with Gasteiger partial charge >= 0.3 is 0 Å². The van der Waals surface area contributed by atoms with Crippen molar-refractivity contribution in [2.45, 2.75) is 24.8 Å². The standard InChI is InChI=1S/C11H15NO/c1-13-10-4-2-3-9(7-10)8-11(12)5-6-11/h2-4,7H,5-6,8,12H2,1H3. The number of rotatable bonds is 3. The Morgan fingerprint density at radius 3 is 2.85 bits per heavy atom. The molecule has 0 aliphatic heterocycles. The molecule has 0 radical (unpaired) electrons. The minimum absolute atomic E-state index is 0.0896. The first-order chi connectivity index (χ1) is 6.22. The summed E-state index contributed by atoms with van der Waals surface area (Å²) >= 11 is 0. The average Bonchev–Trinajstić information content (AvgIpc) is 2.84. The molecule has 2 rings (SSSR count). The number of hydrogen-bond donors (Lipinski definition) is 1. The molecular weight excluding hydrogens is 162 g/mol. The lowest BCUT2D eigenvalue weighted by Crippen LogP contribution is -2.24. The molecule has 0 aromatic heterocycles. The van der Waals surface area contributed by atoms with E-state index in [0.717, 1.165) is 25.0 Å². The fraction of sp³-hybridized carbons (Fsp3) is 0.455. The Balaban J connectivity index is 2.11. The first-order valence-corrected chi connectivity index (χ1v) is 4.64. The molecule has 13 heavy (non-hydrogen) atoms. The normalized spacial score (nSPS) is 18.3. The van der Waals surface area contributed by atoms with E-state index in [1.165, 1.54) is 5.56 Å². The van der Waals surface area contributed by atoms with Crippen LogP contribution in [0.5, 0.6) is 5.75 Å². The maximum Gasteiger partial charge on any atom is 0.119 e. The predicted octanol–water partition coefficient (Wildman–Crippen LogP) is 1.73. The molecular formula is C11H15NO. The molecule has 1 aromatic carbocycles. The van der Waals surface area contributed by atoms with Crippen molar-refractivity contribution in [2.75, 3.05) is 7.11 Å². The first kappa shape index (κ1) is 8.57. The van der Waals surface area contributed by atoms with Crippen molar-refractivity contribution in [1.82, 2.24) is 0 Å². The van der Waals surface area contributed by atoms with Crippen LogP contribution in [0.25, 0.3) is 0 Å². The van der Waals surface area contributed by atoms with Gasteiger partial charge in [0.15, 0.2) is 0 Å². The summed E-state index contributed by atoms with van der Waals surface area (Å²) in [6, 6.07) is 8.14. The largest absolute Gasteiger partial charge is 0.497 e. The highest BCUT2D eigenvalue weighted by Gasteiger charge is 2.37. The molecule has 0 unspecified atom stereocenters. The van der Waals surface area contributed by atoms with Gasteiger partial charge in [-0.25, -0.2) is 0 Å². The lowest BCUT2D eigenvalue weighted by molar-refractivity contribution is 0.414. The number of hydrogen-bond acceptors (Lipinski definition) is 2. The lowest BCUT2D eigenvalue weighted by Gasteiger charge is -2.09. The average molecular weight is 177 g/mol. The Bertz CT molecular complexity index is 305. The fourth-order valence-electron chi connectivity index (χ4n) is 1.53. The zero-order valence-electron chi connectivity index (χ0n) is 7.92. The molecule has 1 saturated carbocycles. The van der Waals surface area contributed by atoms with Gasteiger partial charge in [0.05, 0.1) is 7.11 Å². The minimum atomic E-state index is 0.0896. The van der Waals surface area contributed by atoms with Crippen LogP contribution in [0.3, 0.4) is 0 Å². The van der Waals surface area contributed by atoms with Crippen LogP contribution in [0.15, 0.2) is 24.3 Å². The molecule has 1 fully saturated rings. The molecule has 0 amide bonds. The maximum atomic E-state index is 6.03. The summed E-state index contributed by atoms with van der Waals surface area (Å²) in [6.45, 7) is 0. The molecule has 0 bridgehead atoms. The number of benzene rings is 1. The quantitative estimate of drug-likeness (QED) is 0.763. The molecule has 2 nitrogen and oxygen atoms in total. The maximum absolute atomic E-state index is 6.03. The van der Waals surface area contributed by atoms with Crippen LogP contribution in [-0.2, 0) is 6.42 Å². The van der Waals surface area contributed by atoms with Gasteiger partial charge in [-0.15, -0.1) is 0 Å². The molecule has 2 N–H and O–H groups in total. The van der Waals surface area contributed by atoms with E-state index < -0.39 is 0 Å². The molecule has 0 atom stereocenters. The molecule has 1 aliphatic carbocycles. The van der Waals surface area contributed by atoms with E-state index in [2.05, 4.69) is 12.1 Å². The second-order valence-corrected chi connectivity index (χ2v) is 3.89. The zero-order chi connectivity index (χ0) is 9.31. The highest BCUT2D eigenvalue weighted by molar-refractivity contribution is 5.30. The van der Waals surface area contributed by atoms with Crippen LogP contribution >= 0.6 is 0 Å². The van der Waals surface area contributed by atoms with Crippen molar-refractivity contribution in [3.05, 3.63) is 29.8 Å². The van der Waals surface area contributed by atoms with Crippen LogP contribution in [0.4, 0.5) is 0 Å². The van der Waals surface area contributed by atoms with Crippen molar-refractivity contribution in [2.24, 2.45) is 5.73 Å². The zero-order valence-corrected chi connectivity index (χ0v) is 7.92. The molecule has 70 valence electrons. The Labute approximate surface area is 78.7 Å². The van der Waals surface area contributed by atoms with Gasteiger partial charge in [-0.05, 0) is 37.0 Å². The summed E-state index contributed by atoms with van der Waals surface area (Å²) in [5, 5.41) is 0. The van der Waals surface area contributed by atoms with Crippen LogP contribution in [-0.4, -0.2) is 12.6 Å². The van der Waals surface area contributed by atoms with Crippen molar-refractivity contribution in [3.63, 3.8) is 0 Å². The van der Waals surface area contributed by atoms with E-state index >= 15 is 0 Å². The third-order valence-corrected chi connectivity index (χ3v) is 2.58. The Morgan fingerprint density at radius 1 is 1.46 bits per heavy atom. The minimum Gasteiger partial charge on any atom is -0.497 e. The summed E-state index contributed by atoms with van der Waals surface area (Å²) in [7, 11) is 1.69. The van der Waals surface area contributed by atoms with Crippen molar-refractivity contribution >= 4 is 0 Å². The van der Waals surface area contributed by atoms with E-state index in [4.69, 9.17) is 10.5 Å². The van der Waals surface area contributed by atoms with Gasteiger partial charge in [0.1, 0.15) is 5.75 Å². The number of nitrogens with two attached hydrogens (primary N) is 1. The molecule has 0 heterocycles. The highest BCUT2D eigenvalue weighted by Crippen LogP contribution is 2.35. The van der Waals surface area contributed by atoms with E-state index in [0.29, 0.717) is 0 Å². The first-order valence-electron chi connectivity index (χ1n) is 4.64. The van der Waals surface area contributed by atoms with Crippen molar-refractivity contribution in [1.29, 1.82) is 0 Å². The summed E-state index contributed by atoms with van der Waals surface area (Å²) < 4.78 is 5.15.